The van der Waals surface area contributed by atoms with Gasteiger partial charge in [-0.05, 0) is 66.6 Å². The summed E-state index contributed by atoms with van der Waals surface area (Å²) in [6.45, 7) is 2.74. The fourth-order valence-electron chi connectivity index (χ4n) is 3.42. The first-order valence-electron chi connectivity index (χ1n) is 10.0. The van der Waals surface area contributed by atoms with Gasteiger partial charge in [-0.2, -0.15) is 0 Å². The van der Waals surface area contributed by atoms with E-state index in [9.17, 15) is 4.79 Å². The Hall–Kier alpha value is -2.82. The van der Waals surface area contributed by atoms with E-state index in [-0.39, 0.29) is 11.8 Å². The molecule has 0 atom stereocenters. The van der Waals surface area contributed by atoms with E-state index in [1.807, 2.05) is 19.1 Å². The summed E-state index contributed by atoms with van der Waals surface area (Å²) in [5.74, 6) is 2.05. The summed E-state index contributed by atoms with van der Waals surface area (Å²) in [6.07, 6.45) is 4.55. The molecule has 1 aliphatic rings. The predicted octanol–water partition coefficient (Wildman–Crippen LogP) is 4.52. The van der Waals surface area contributed by atoms with Crippen LogP contribution in [0, 0.1) is 5.92 Å². The van der Waals surface area contributed by atoms with Gasteiger partial charge in [0, 0.05) is 18.9 Å². The van der Waals surface area contributed by atoms with Crippen LogP contribution < -0.4 is 10.1 Å². The minimum absolute atomic E-state index is 0.199. The first kappa shape index (κ1) is 18.5. The fourth-order valence-corrected chi connectivity index (χ4v) is 3.42. The molecule has 0 spiro atoms. The molecule has 1 fully saturated rings. The maximum Gasteiger partial charge on any atom is 0.223 e. The van der Waals surface area contributed by atoms with E-state index in [1.54, 1.807) is 7.11 Å². The number of nitrogens with one attached hydrogen (secondary N) is 1. The second-order valence-corrected chi connectivity index (χ2v) is 7.34. The third kappa shape index (κ3) is 4.03. The van der Waals surface area contributed by atoms with Crippen LogP contribution in [0.4, 0.5) is 0 Å². The predicted molar refractivity (Wildman–Crippen MR) is 109 cm³/mol. The normalized spacial score (nSPS) is 13.6. The van der Waals surface area contributed by atoms with Gasteiger partial charge >= 0.3 is 0 Å². The van der Waals surface area contributed by atoms with Gasteiger partial charge in [-0.1, -0.05) is 19.1 Å². The summed E-state index contributed by atoms with van der Waals surface area (Å²) in [7, 11) is 1.67. The number of fused-ring (bicyclic) bond motifs is 1. The van der Waals surface area contributed by atoms with E-state index in [0.717, 1.165) is 71.5 Å². The van der Waals surface area contributed by atoms with E-state index < -0.39 is 0 Å². The number of carbonyl (C=O) groups is 1. The van der Waals surface area contributed by atoms with E-state index in [2.05, 4.69) is 34.6 Å². The minimum Gasteiger partial charge on any atom is -0.497 e. The van der Waals surface area contributed by atoms with Gasteiger partial charge in [0.15, 0.2) is 11.5 Å². The molecule has 0 aliphatic heterocycles. The average molecular weight is 378 g/mol. The number of benzene rings is 2. The van der Waals surface area contributed by atoms with Gasteiger partial charge in [0.05, 0.1) is 7.11 Å². The summed E-state index contributed by atoms with van der Waals surface area (Å²) in [5, 5.41) is 3.04. The fraction of sp³-hybridized carbons (Fsp3) is 0.391. The average Bonchev–Trinajstić information content (AvgIpc) is 3.50. The van der Waals surface area contributed by atoms with Gasteiger partial charge < -0.3 is 14.5 Å². The summed E-state index contributed by atoms with van der Waals surface area (Å²) < 4.78 is 11.2. The molecule has 2 aromatic carbocycles. The van der Waals surface area contributed by atoms with Gasteiger partial charge in [-0.3, -0.25) is 4.79 Å². The zero-order valence-corrected chi connectivity index (χ0v) is 16.5. The third-order valence-electron chi connectivity index (χ3n) is 5.21. The summed E-state index contributed by atoms with van der Waals surface area (Å²) in [5.41, 5.74) is 5.12. The molecule has 1 aromatic heterocycles. The van der Waals surface area contributed by atoms with Crippen LogP contribution in [0.1, 0.15) is 37.6 Å². The van der Waals surface area contributed by atoms with E-state index in [1.165, 1.54) is 0 Å². The SMILES string of the molecule is CCc1nc2cc(-c3ccc(OC)cc3)cc(CCCNC(=O)C3CC3)c2o1. The molecule has 0 saturated heterocycles. The number of rotatable bonds is 8. The quantitative estimate of drug-likeness (QED) is 0.585. The Kier molecular flexibility index (Phi) is 5.33. The van der Waals surface area contributed by atoms with Crippen molar-refractivity contribution in [1.82, 2.24) is 10.3 Å². The van der Waals surface area contributed by atoms with Gasteiger partial charge in [-0.25, -0.2) is 4.98 Å². The number of ether oxygens (including phenoxy) is 1. The minimum atomic E-state index is 0.199. The Bertz CT molecular complexity index is 971. The number of nitrogens with zero attached hydrogens (tertiary/aromatic N) is 1. The Balaban J connectivity index is 1.56. The molecule has 1 saturated carbocycles. The van der Waals surface area contributed by atoms with Crippen LogP contribution in [0.25, 0.3) is 22.2 Å². The lowest BCUT2D eigenvalue weighted by atomic mass is 9.99. The first-order chi connectivity index (χ1) is 13.7. The highest BCUT2D eigenvalue weighted by molar-refractivity contribution is 5.84. The standard InChI is InChI=1S/C23H26N2O3/c1-3-21-25-20-14-18(15-8-10-19(27-2)11-9-15)13-17(22(20)28-21)5-4-12-24-23(26)16-6-7-16/h8-11,13-14,16H,3-7,12H2,1-2H3,(H,24,26). The third-order valence-corrected chi connectivity index (χ3v) is 5.21. The number of hydrogen-bond donors (Lipinski definition) is 1. The Morgan fingerprint density at radius 1 is 1.21 bits per heavy atom. The molecule has 0 radical (unpaired) electrons. The highest BCUT2D eigenvalue weighted by Gasteiger charge is 2.29. The van der Waals surface area contributed by atoms with E-state index in [4.69, 9.17) is 9.15 Å². The molecule has 1 heterocycles. The molecule has 0 unspecified atom stereocenters. The van der Waals surface area contributed by atoms with Crippen molar-refractivity contribution in [3.63, 3.8) is 0 Å². The van der Waals surface area contributed by atoms with Gasteiger partial charge in [0.2, 0.25) is 5.91 Å². The monoisotopic (exact) mass is 378 g/mol. The molecule has 146 valence electrons. The Morgan fingerprint density at radius 2 is 2.00 bits per heavy atom. The van der Waals surface area contributed by atoms with Gasteiger partial charge in [-0.15, -0.1) is 0 Å². The lowest BCUT2D eigenvalue weighted by molar-refractivity contribution is -0.122. The summed E-state index contributed by atoms with van der Waals surface area (Å²) in [6, 6.07) is 12.3. The summed E-state index contributed by atoms with van der Waals surface area (Å²) in [4.78, 5) is 16.5. The molecule has 1 amide bonds. The van der Waals surface area contributed by atoms with Gasteiger partial charge in [0.25, 0.3) is 0 Å². The summed E-state index contributed by atoms with van der Waals surface area (Å²) >= 11 is 0. The number of aryl methyl sites for hydroxylation is 2. The van der Waals surface area contributed by atoms with Crippen LogP contribution in [-0.4, -0.2) is 24.5 Å². The van der Waals surface area contributed by atoms with Crippen LogP contribution in [-0.2, 0) is 17.6 Å². The second-order valence-electron chi connectivity index (χ2n) is 7.34. The van der Waals surface area contributed by atoms with Crippen molar-refractivity contribution >= 4 is 17.0 Å². The van der Waals surface area contributed by atoms with E-state index in [0.29, 0.717) is 6.54 Å². The molecule has 3 aromatic rings. The molecule has 4 rings (SSSR count). The van der Waals surface area contributed by atoms with Crippen LogP contribution >= 0.6 is 0 Å². The van der Waals surface area contributed by atoms with Crippen LogP contribution in [0.3, 0.4) is 0 Å². The molecular weight excluding hydrogens is 352 g/mol. The maximum atomic E-state index is 11.8. The second kappa shape index (κ2) is 8.05. The van der Waals surface area contributed by atoms with Crippen molar-refractivity contribution in [2.45, 2.75) is 39.0 Å². The molecule has 1 aliphatic carbocycles. The number of carbonyl (C=O) groups excluding carboxylic acids is 1. The first-order valence-corrected chi connectivity index (χ1v) is 10.0. The number of oxazole rings is 1. The number of methoxy groups -OCH3 is 1. The Morgan fingerprint density at radius 3 is 2.68 bits per heavy atom. The highest BCUT2D eigenvalue weighted by Crippen LogP contribution is 2.31. The lowest BCUT2D eigenvalue weighted by Crippen LogP contribution is -2.26. The number of aromatic nitrogens is 1. The van der Waals surface area contributed by atoms with Crippen molar-refractivity contribution in [3.05, 3.63) is 47.9 Å². The van der Waals surface area contributed by atoms with Gasteiger partial charge in [0.1, 0.15) is 11.3 Å². The maximum absolute atomic E-state index is 11.8. The molecule has 5 nitrogen and oxygen atoms in total. The molecule has 1 N–H and O–H groups in total. The van der Waals surface area contributed by atoms with Crippen LogP contribution in [0.2, 0.25) is 0 Å². The molecule has 5 heteroatoms. The van der Waals surface area contributed by atoms with Crippen molar-refractivity contribution in [3.8, 4) is 16.9 Å². The zero-order chi connectivity index (χ0) is 19.5. The number of hydrogen-bond acceptors (Lipinski definition) is 4. The zero-order valence-electron chi connectivity index (χ0n) is 16.5. The highest BCUT2D eigenvalue weighted by atomic mass is 16.5. The smallest absolute Gasteiger partial charge is 0.223 e. The van der Waals surface area contributed by atoms with Crippen LogP contribution in [0.5, 0.6) is 5.75 Å². The number of amides is 1. The van der Waals surface area contributed by atoms with E-state index >= 15 is 0 Å². The van der Waals surface area contributed by atoms with Crippen molar-refractivity contribution in [1.29, 1.82) is 0 Å². The molecule has 28 heavy (non-hydrogen) atoms. The van der Waals surface area contributed by atoms with Crippen molar-refractivity contribution in [2.24, 2.45) is 5.92 Å². The largest absolute Gasteiger partial charge is 0.497 e. The topological polar surface area (TPSA) is 64.4 Å². The lowest BCUT2D eigenvalue weighted by Gasteiger charge is -2.08. The Labute approximate surface area is 165 Å². The molecular formula is C23H26N2O3. The van der Waals surface area contributed by atoms with Crippen molar-refractivity contribution < 1.29 is 13.9 Å². The molecule has 0 bridgehead atoms. The van der Waals surface area contributed by atoms with Crippen LogP contribution in [0.15, 0.2) is 40.8 Å². The van der Waals surface area contributed by atoms with Crippen molar-refractivity contribution in [2.75, 3.05) is 13.7 Å².